The maximum atomic E-state index is 13.3. The molecule has 114 valence electrons. The summed E-state index contributed by atoms with van der Waals surface area (Å²) >= 11 is 0. The Kier molecular flexibility index (Phi) is 5.13. The van der Waals surface area contributed by atoms with Crippen molar-refractivity contribution in [3.63, 3.8) is 0 Å². The van der Waals surface area contributed by atoms with Gasteiger partial charge in [0.1, 0.15) is 17.5 Å². The number of primary sulfonamides is 1. The Morgan fingerprint density at radius 1 is 1.05 bits per heavy atom. The number of halogens is 3. The Hall–Kier alpha value is -1.17. The van der Waals surface area contributed by atoms with Crippen LogP contribution in [-0.4, -0.2) is 29.1 Å². The molecule has 6 nitrogen and oxygen atoms in total. The predicted molar refractivity (Wildman–Crippen MR) is 64.1 cm³/mol. The molecule has 0 spiro atoms. The monoisotopic (exact) mass is 332 g/mol. The summed E-state index contributed by atoms with van der Waals surface area (Å²) < 4.78 is 85.5. The van der Waals surface area contributed by atoms with Gasteiger partial charge in [0.2, 0.25) is 20.0 Å². The topological polar surface area (TPSA) is 106 Å². The summed E-state index contributed by atoms with van der Waals surface area (Å²) in [5.41, 5.74) is 0. The number of nitrogens with two attached hydrogens (primary N) is 1. The summed E-state index contributed by atoms with van der Waals surface area (Å²) in [6.07, 6.45) is -0.178. The highest BCUT2D eigenvalue weighted by molar-refractivity contribution is 7.89. The summed E-state index contributed by atoms with van der Waals surface area (Å²) in [6, 6.07) is 0.448. The van der Waals surface area contributed by atoms with Crippen molar-refractivity contribution >= 4 is 20.0 Å². The van der Waals surface area contributed by atoms with Crippen LogP contribution in [0.2, 0.25) is 0 Å². The second-order valence-electron chi connectivity index (χ2n) is 3.82. The van der Waals surface area contributed by atoms with Gasteiger partial charge in [-0.15, -0.1) is 0 Å². The third kappa shape index (κ3) is 4.74. The van der Waals surface area contributed by atoms with Crippen molar-refractivity contribution < 1.29 is 30.0 Å². The molecule has 20 heavy (non-hydrogen) atoms. The van der Waals surface area contributed by atoms with E-state index in [1.807, 2.05) is 0 Å². The first-order chi connectivity index (χ1) is 9.03. The molecule has 1 aromatic rings. The molecular formula is C9H11F3N2O4S2. The molecule has 3 N–H and O–H groups in total. The number of rotatable bonds is 6. The van der Waals surface area contributed by atoms with Crippen LogP contribution in [0.25, 0.3) is 0 Å². The van der Waals surface area contributed by atoms with E-state index >= 15 is 0 Å². The van der Waals surface area contributed by atoms with Gasteiger partial charge in [-0.1, -0.05) is 0 Å². The maximum Gasteiger partial charge on any atom is 0.246 e. The third-order valence-electron chi connectivity index (χ3n) is 2.13. The smallest absolute Gasteiger partial charge is 0.229 e. The molecule has 0 aromatic heterocycles. The van der Waals surface area contributed by atoms with Crippen LogP contribution in [-0.2, 0) is 20.0 Å². The number of sulfonamides is 2. The fourth-order valence-electron chi connectivity index (χ4n) is 1.34. The van der Waals surface area contributed by atoms with Crippen molar-refractivity contribution in [2.75, 3.05) is 12.3 Å². The van der Waals surface area contributed by atoms with Gasteiger partial charge in [0.15, 0.2) is 4.90 Å². The molecule has 0 bridgehead atoms. The van der Waals surface area contributed by atoms with Gasteiger partial charge in [0, 0.05) is 18.7 Å². The SMILES string of the molecule is NS(=O)(=O)CCCNS(=O)(=O)c1c(F)cc(F)cc1F. The first-order valence-electron chi connectivity index (χ1n) is 5.17. The van der Waals surface area contributed by atoms with Crippen molar-refractivity contribution in [3.05, 3.63) is 29.6 Å². The summed E-state index contributed by atoms with van der Waals surface area (Å²) in [6.45, 7) is -0.394. The van der Waals surface area contributed by atoms with Gasteiger partial charge >= 0.3 is 0 Å². The second kappa shape index (κ2) is 6.08. The van der Waals surface area contributed by atoms with Crippen LogP contribution in [0.5, 0.6) is 0 Å². The maximum absolute atomic E-state index is 13.3. The zero-order valence-electron chi connectivity index (χ0n) is 9.94. The van der Waals surface area contributed by atoms with E-state index in [9.17, 15) is 30.0 Å². The van der Waals surface area contributed by atoms with E-state index in [2.05, 4.69) is 0 Å². The van der Waals surface area contributed by atoms with E-state index < -0.39 is 54.7 Å². The van der Waals surface area contributed by atoms with Gasteiger partial charge in [-0.2, -0.15) is 0 Å². The lowest BCUT2D eigenvalue weighted by molar-refractivity contribution is 0.493. The molecule has 0 unspecified atom stereocenters. The average molecular weight is 332 g/mol. The predicted octanol–water partition coefficient (Wildman–Crippen LogP) is 0.0608. The molecule has 0 aliphatic rings. The van der Waals surface area contributed by atoms with Crippen LogP contribution in [0.15, 0.2) is 17.0 Å². The zero-order chi connectivity index (χ0) is 15.6. The Labute approximate surface area is 113 Å². The molecule has 0 atom stereocenters. The van der Waals surface area contributed by atoms with Crippen LogP contribution < -0.4 is 9.86 Å². The molecule has 0 saturated carbocycles. The second-order valence-corrected chi connectivity index (χ2v) is 7.25. The van der Waals surface area contributed by atoms with Crippen molar-refractivity contribution in [1.29, 1.82) is 0 Å². The van der Waals surface area contributed by atoms with Gasteiger partial charge in [0.25, 0.3) is 0 Å². The molecule has 0 aliphatic heterocycles. The van der Waals surface area contributed by atoms with Crippen LogP contribution in [0.1, 0.15) is 6.42 Å². The molecular weight excluding hydrogens is 321 g/mol. The van der Waals surface area contributed by atoms with Gasteiger partial charge in [-0.3, -0.25) is 0 Å². The third-order valence-corrected chi connectivity index (χ3v) is 4.50. The summed E-state index contributed by atoms with van der Waals surface area (Å²) in [4.78, 5) is -1.32. The van der Waals surface area contributed by atoms with Crippen LogP contribution in [0.4, 0.5) is 13.2 Å². The number of nitrogens with one attached hydrogen (secondary N) is 1. The highest BCUT2D eigenvalue weighted by Crippen LogP contribution is 2.19. The van der Waals surface area contributed by atoms with E-state index in [-0.39, 0.29) is 18.6 Å². The molecule has 1 aromatic carbocycles. The number of hydrogen-bond acceptors (Lipinski definition) is 4. The summed E-state index contributed by atoms with van der Waals surface area (Å²) in [5, 5.41) is 4.69. The molecule has 0 radical (unpaired) electrons. The van der Waals surface area contributed by atoms with E-state index in [1.165, 1.54) is 0 Å². The number of hydrogen-bond donors (Lipinski definition) is 2. The lowest BCUT2D eigenvalue weighted by Gasteiger charge is -2.08. The minimum Gasteiger partial charge on any atom is -0.229 e. The lowest BCUT2D eigenvalue weighted by atomic mass is 10.3. The van der Waals surface area contributed by atoms with Gasteiger partial charge in [-0.25, -0.2) is 39.9 Å². The largest absolute Gasteiger partial charge is 0.246 e. The number of benzene rings is 1. The van der Waals surface area contributed by atoms with E-state index in [1.54, 1.807) is 4.72 Å². The van der Waals surface area contributed by atoms with E-state index in [4.69, 9.17) is 5.14 Å². The first-order valence-corrected chi connectivity index (χ1v) is 8.37. The Morgan fingerprint density at radius 2 is 1.55 bits per heavy atom. The summed E-state index contributed by atoms with van der Waals surface area (Å²) in [7, 11) is -8.32. The highest BCUT2D eigenvalue weighted by Gasteiger charge is 2.24. The van der Waals surface area contributed by atoms with Crippen molar-refractivity contribution in [2.24, 2.45) is 5.14 Å². The Bertz CT molecular complexity index is 681. The highest BCUT2D eigenvalue weighted by atomic mass is 32.2. The normalized spacial score (nSPS) is 12.6. The van der Waals surface area contributed by atoms with Crippen LogP contribution in [0, 0.1) is 17.5 Å². The molecule has 1 rings (SSSR count). The quantitative estimate of drug-likeness (QED) is 0.718. The summed E-state index contributed by atoms with van der Waals surface area (Å²) in [5.74, 6) is -4.92. The fourth-order valence-corrected chi connectivity index (χ4v) is 3.07. The molecule has 0 heterocycles. The van der Waals surface area contributed by atoms with Gasteiger partial charge in [-0.05, 0) is 6.42 Å². The van der Waals surface area contributed by atoms with E-state index in [0.29, 0.717) is 0 Å². The fraction of sp³-hybridized carbons (Fsp3) is 0.333. The van der Waals surface area contributed by atoms with Gasteiger partial charge in [0.05, 0.1) is 5.75 Å². The van der Waals surface area contributed by atoms with E-state index in [0.717, 1.165) is 0 Å². The Balaban J connectivity index is 2.85. The zero-order valence-corrected chi connectivity index (χ0v) is 11.6. The molecule has 11 heteroatoms. The van der Waals surface area contributed by atoms with Crippen molar-refractivity contribution in [2.45, 2.75) is 11.3 Å². The van der Waals surface area contributed by atoms with Crippen molar-refractivity contribution in [1.82, 2.24) is 4.72 Å². The Morgan fingerprint density at radius 3 is 2.00 bits per heavy atom. The minimum atomic E-state index is -4.56. The molecule has 0 saturated heterocycles. The first kappa shape index (κ1) is 16.9. The lowest BCUT2D eigenvalue weighted by Crippen LogP contribution is -2.29. The molecule has 0 amide bonds. The van der Waals surface area contributed by atoms with Crippen LogP contribution in [0.3, 0.4) is 0 Å². The van der Waals surface area contributed by atoms with Crippen LogP contribution >= 0.6 is 0 Å². The van der Waals surface area contributed by atoms with Crippen molar-refractivity contribution in [3.8, 4) is 0 Å². The standard InChI is InChI=1S/C9H11F3N2O4S2/c10-6-4-7(11)9(8(12)5-6)20(17,18)14-2-1-3-19(13,15)16/h4-5,14H,1-3H2,(H2,13,15,16). The molecule has 0 aliphatic carbocycles. The minimum absolute atomic E-state index is 0.178. The molecule has 0 fully saturated rings. The van der Waals surface area contributed by atoms with Gasteiger partial charge < -0.3 is 0 Å². The average Bonchev–Trinajstić information content (AvgIpc) is 2.21.